The lowest BCUT2D eigenvalue weighted by molar-refractivity contribution is 0.113. The highest BCUT2D eigenvalue weighted by atomic mass is 16.5. The van der Waals surface area contributed by atoms with Crippen LogP contribution in [-0.2, 0) is 4.74 Å². The average Bonchev–Trinajstić information content (AvgIpc) is 3.03. The maximum absolute atomic E-state index is 5.63. The minimum atomic E-state index is 0.362. The van der Waals surface area contributed by atoms with Gasteiger partial charge in [0.25, 0.3) is 0 Å². The number of hydrogen-bond donors (Lipinski definition) is 2. The number of piperidine rings is 1. The van der Waals surface area contributed by atoms with Crippen molar-refractivity contribution in [2.75, 3.05) is 46.4 Å². The highest BCUT2D eigenvalue weighted by Crippen LogP contribution is 2.16. The van der Waals surface area contributed by atoms with Gasteiger partial charge in [0, 0.05) is 26.7 Å². The number of guanidine groups is 1. The van der Waals surface area contributed by atoms with Crippen molar-refractivity contribution in [1.82, 2.24) is 15.5 Å². The quantitative estimate of drug-likeness (QED) is 0.575. The Morgan fingerprint density at radius 1 is 1.19 bits per heavy atom. The fourth-order valence-corrected chi connectivity index (χ4v) is 3.21. The van der Waals surface area contributed by atoms with E-state index in [1.165, 1.54) is 51.7 Å². The molecule has 122 valence electrons. The lowest BCUT2D eigenvalue weighted by Gasteiger charge is -2.32. The minimum absolute atomic E-state index is 0.362. The Labute approximate surface area is 129 Å². The summed E-state index contributed by atoms with van der Waals surface area (Å²) in [7, 11) is 1.84. The topological polar surface area (TPSA) is 48.9 Å². The first-order chi connectivity index (χ1) is 10.3. The Bertz CT molecular complexity index is 307. The molecule has 5 heteroatoms. The first kappa shape index (κ1) is 16.6. The van der Waals surface area contributed by atoms with Gasteiger partial charge in [0.15, 0.2) is 5.96 Å². The average molecular weight is 296 g/mol. The summed E-state index contributed by atoms with van der Waals surface area (Å²) in [5.74, 6) is 1.70. The molecule has 2 fully saturated rings. The highest BCUT2D eigenvalue weighted by molar-refractivity contribution is 5.79. The van der Waals surface area contributed by atoms with Crippen molar-refractivity contribution in [2.24, 2.45) is 10.9 Å². The van der Waals surface area contributed by atoms with Gasteiger partial charge in [-0.25, -0.2) is 0 Å². The largest absolute Gasteiger partial charge is 0.376 e. The third-order valence-corrected chi connectivity index (χ3v) is 4.55. The normalized spacial score (nSPS) is 25.2. The lowest BCUT2D eigenvalue weighted by Crippen LogP contribution is -2.44. The van der Waals surface area contributed by atoms with Gasteiger partial charge >= 0.3 is 0 Å². The predicted octanol–water partition coefficient (Wildman–Crippen LogP) is 1.45. The van der Waals surface area contributed by atoms with E-state index in [0.717, 1.165) is 31.6 Å². The van der Waals surface area contributed by atoms with Crippen LogP contribution in [0, 0.1) is 5.92 Å². The Balaban J connectivity index is 1.60. The van der Waals surface area contributed by atoms with E-state index in [1.54, 1.807) is 0 Å². The van der Waals surface area contributed by atoms with Crippen LogP contribution in [0.4, 0.5) is 0 Å². The van der Waals surface area contributed by atoms with E-state index in [0.29, 0.717) is 6.10 Å². The van der Waals surface area contributed by atoms with E-state index in [9.17, 15) is 0 Å². The van der Waals surface area contributed by atoms with Crippen LogP contribution in [0.2, 0.25) is 0 Å². The van der Waals surface area contributed by atoms with Gasteiger partial charge in [-0.3, -0.25) is 4.99 Å². The van der Waals surface area contributed by atoms with Gasteiger partial charge < -0.3 is 20.3 Å². The molecule has 0 aromatic rings. The molecule has 0 radical (unpaired) electrons. The van der Waals surface area contributed by atoms with Crippen molar-refractivity contribution in [3.05, 3.63) is 0 Å². The summed E-state index contributed by atoms with van der Waals surface area (Å²) >= 11 is 0. The molecule has 2 rings (SSSR count). The molecule has 0 spiro atoms. The second-order valence-corrected chi connectivity index (χ2v) is 6.25. The first-order valence-electron chi connectivity index (χ1n) is 8.60. The standard InChI is InChI=1S/C16H32N4O/c1-3-8-20-9-6-14(7-10-20)12-18-16(17-2)19-13-15-5-4-11-21-15/h14-15H,3-13H2,1-2H3,(H2,17,18,19). The number of hydrogen-bond acceptors (Lipinski definition) is 3. The maximum atomic E-state index is 5.63. The van der Waals surface area contributed by atoms with Gasteiger partial charge in [-0.1, -0.05) is 6.92 Å². The minimum Gasteiger partial charge on any atom is -0.376 e. The number of ether oxygens (including phenoxy) is 1. The molecule has 2 saturated heterocycles. The zero-order valence-electron chi connectivity index (χ0n) is 13.7. The van der Waals surface area contributed by atoms with Crippen LogP contribution in [0.3, 0.4) is 0 Å². The maximum Gasteiger partial charge on any atom is 0.191 e. The molecule has 0 saturated carbocycles. The third kappa shape index (κ3) is 5.83. The summed E-state index contributed by atoms with van der Waals surface area (Å²) in [4.78, 5) is 6.89. The molecule has 21 heavy (non-hydrogen) atoms. The Hall–Kier alpha value is -0.810. The number of nitrogens with zero attached hydrogens (tertiary/aromatic N) is 2. The molecule has 2 aliphatic rings. The second kappa shape index (κ2) is 9.26. The molecule has 0 bridgehead atoms. The van der Waals surface area contributed by atoms with Crippen molar-refractivity contribution in [1.29, 1.82) is 0 Å². The molecule has 2 N–H and O–H groups in total. The summed E-state index contributed by atoms with van der Waals surface area (Å²) in [5.41, 5.74) is 0. The number of nitrogens with one attached hydrogen (secondary N) is 2. The van der Waals surface area contributed by atoms with Crippen LogP contribution in [0.5, 0.6) is 0 Å². The molecule has 2 aliphatic heterocycles. The molecular formula is C16H32N4O. The van der Waals surface area contributed by atoms with Gasteiger partial charge in [0.2, 0.25) is 0 Å². The lowest BCUT2D eigenvalue weighted by atomic mass is 9.97. The van der Waals surface area contributed by atoms with Crippen molar-refractivity contribution < 1.29 is 4.74 Å². The molecule has 1 atom stereocenters. The Morgan fingerprint density at radius 2 is 1.95 bits per heavy atom. The fraction of sp³-hybridized carbons (Fsp3) is 0.938. The van der Waals surface area contributed by atoms with Crippen molar-refractivity contribution in [2.45, 2.75) is 45.1 Å². The Kier molecular flexibility index (Phi) is 7.30. The van der Waals surface area contributed by atoms with E-state index in [4.69, 9.17) is 4.74 Å². The zero-order chi connectivity index (χ0) is 14.9. The predicted molar refractivity (Wildman–Crippen MR) is 87.8 cm³/mol. The zero-order valence-corrected chi connectivity index (χ0v) is 13.7. The van der Waals surface area contributed by atoms with E-state index < -0.39 is 0 Å². The third-order valence-electron chi connectivity index (χ3n) is 4.55. The number of likely N-dealkylation sites (tertiary alicyclic amines) is 1. The highest BCUT2D eigenvalue weighted by Gasteiger charge is 2.19. The molecule has 0 aromatic heterocycles. The van der Waals surface area contributed by atoms with Gasteiger partial charge in [-0.15, -0.1) is 0 Å². The van der Waals surface area contributed by atoms with Crippen molar-refractivity contribution in [3.63, 3.8) is 0 Å². The van der Waals surface area contributed by atoms with E-state index >= 15 is 0 Å². The summed E-state index contributed by atoms with van der Waals surface area (Å²) in [6.07, 6.45) is 6.59. The van der Waals surface area contributed by atoms with Crippen LogP contribution in [-0.4, -0.2) is 63.3 Å². The van der Waals surface area contributed by atoms with Crippen LogP contribution < -0.4 is 10.6 Å². The number of aliphatic imine (C=N–C) groups is 1. The molecule has 0 amide bonds. The SMILES string of the molecule is CCCN1CCC(CNC(=NC)NCC2CCCO2)CC1. The molecule has 0 aromatic carbocycles. The molecular weight excluding hydrogens is 264 g/mol. The van der Waals surface area contributed by atoms with Gasteiger partial charge in [0.1, 0.15) is 0 Å². The monoisotopic (exact) mass is 296 g/mol. The van der Waals surface area contributed by atoms with Crippen LogP contribution in [0.1, 0.15) is 39.0 Å². The molecule has 1 unspecified atom stereocenters. The Morgan fingerprint density at radius 3 is 2.57 bits per heavy atom. The summed E-state index contributed by atoms with van der Waals surface area (Å²) in [6, 6.07) is 0. The van der Waals surface area contributed by atoms with Crippen LogP contribution >= 0.6 is 0 Å². The van der Waals surface area contributed by atoms with E-state index in [-0.39, 0.29) is 0 Å². The van der Waals surface area contributed by atoms with Crippen LogP contribution in [0.25, 0.3) is 0 Å². The number of rotatable bonds is 6. The molecule has 0 aliphatic carbocycles. The van der Waals surface area contributed by atoms with E-state index in [2.05, 4.69) is 27.4 Å². The molecule has 5 nitrogen and oxygen atoms in total. The van der Waals surface area contributed by atoms with Crippen molar-refractivity contribution in [3.8, 4) is 0 Å². The van der Waals surface area contributed by atoms with E-state index in [1.807, 2.05) is 7.05 Å². The van der Waals surface area contributed by atoms with Crippen LogP contribution in [0.15, 0.2) is 4.99 Å². The van der Waals surface area contributed by atoms with Gasteiger partial charge in [0.05, 0.1) is 6.10 Å². The first-order valence-corrected chi connectivity index (χ1v) is 8.60. The second-order valence-electron chi connectivity index (χ2n) is 6.25. The smallest absolute Gasteiger partial charge is 0.191 e. The van der Waals surface area contributed by atoms with Gasteiger partial charge in [-0.05, 0) is 57.7 Å². The fourth-order valence-electron chi connectivity index (χ4n) is 3.21. The summed E-state index contributed by atoms with van der Waals surface area (Å²) < 4.78 is 5.63. The van der Waals surface area contributed by atoms with Crippen molar-refractivity contribution >= 4 is 5.96 Å². The summed E-state index contributed by atoms with van der Waals surface area (Å²) in [5, 5.41) is 6.86. The summed E-state index contributed by atoms with van der Waals surface area (Å²) in [6.45, 7) is 8.83. The van der Waals surface area contributed by atoms with Gasteiger partial charge in [-0.2, -0.15) is 0 Å². The molecule has 2 heterocycles.